The molecule has 2 aliphatic heterocycles. The first-order valence-corrected chi connectivity index (χ1v) is 11.6. The van der Waals surface area contributed by atoms with E-state index >= 15 is 0 Å². The monoisotopic (exact) mass is 434 g/mol. The molecule has 0 spiro atoms. The molecule has 1 aromatic rings. The molecule has 2 saturated heterocycles. The van der Waals surface area contributed by atoms with Gasteiger partial charge in [-0.05, 0) is 43.6 Å². The van der Waals surface area contributed by atoms with E-state index in [2.05, 4.69) is 15.5 Å². The molecule has 174 valence electrons. The Bertz CT molecular complexity index is 680. The Labute approximate surface area is 185 Å². The summed E-state index contributed by atoms with van der Waals surface area (Å²) in [5.74, 6) is 1.31. The van der Waals surface area contributed by atoms with Crippen LogP contribution in [0, 0.1) is 0 Å². The average Bonchev–Trinajstić information content (AvgIpc) is 3.16. The summed E-state index contributed by atoms with van der Waals surface area (Å²) in [6, 6.07) is 5.86. The lowest BCUT2D eigenvalue weighted by Gasteiger charge is -2.26. The fourth-order valence-electron chi connectivity index (χ4n) is 4.14. The number of urea groups is 1. The summed E-state index contributed by atoms with van der Waals surface area (Å²) < 4.78 is 11.4. The van der Waals surface area contributed by atoms with Gasteiger partial charge in [0, 0.05) is 39.3 Å². The number of hydrogen-bond donors (Lipinski definition) is 3. The van der Waals surface area contributed by atoms with E-state index in [1.54, 1.807) is 7.11 Å². The second-order valence-electron chi connectivity index (χ2n) is 8.41. The van der Waals surface area contributed by atoms with Crippen molar-refractivity contribution in [3.63, 3.8) is 0 Å². The van der Waals surface area contributed by atoms with Crippen molar-refractivity contribution < 1.29 is 19.4 Å². The number of hydrogen-bond acceptors (Lipinski definition) is 6. The summed E-state index contributed by atoms with van der Waals surface area (Å²) in [7, 11) is 1.63. The van der Waals surface area contributed by atoms with Crippen molar-refractivity contribution >= 4 is 6.03 Å². The van der Waals surface area contributed by atoms with E-state index in [1.165, 1.54) is 32.1 Å². The number of nitrogens with one attached hydrogen (secondary N) is 2. The summed E-state index contributed by atoms with van der Waals surface area (Å²) >= 11 is 0. The SMILES string of the molecule is COc1cc(CNCCN2CCNC2=O)ccc1OCC(O)CN1CCCCCCC1. The fraction of sp³-hybridized carbons (Fsp3) is 0.696. The minimum Gasteiger partial charge on any atom is -0.493 e. The predicted molar refractivity (Wildman–Crippen MR) is 121 cm³/mol. The van der Waals surface area contributed by atoms with Gasteiger partial charge in [0.15, 0.2) is 11.5 Å². The molecule has 2 amide bonds. The molecule has 3 rings (SSSR count). The summed E-state index contributed by atoms with van der Waals surface area (Å²) in [4.78, 5) is 15.7. The van der Waals surface area contributed by atoms with Gasteiger partial charge in [-0.25, -0.2) is 4.79 Å². The van der Waals surface area contributed by atoms with Crippen molar-refractivity contribution in [2.24, 2.45) is 0 Å². The van der Waals surface area contributed by atoms with Crippen LogP contribution in [0.1, 0.15) is 37.7 Å². The third-order valence-corrected chi connectivity index (χ3v) is 5.91. The van der Waals surface area contributed by atoms with E-state index < -0.39 is 6.10 Å². The van der Waals surface area contributed by atoms with E-state index in [0.29, 0.717) is 31.1 Å². The molecule has 2 aliphatic rings. The second-order valence-corrected chi connectivity index (χ2v) is 8.41. The van der Waals surface area contributed by atoms with Crippen LogP contribution in [-0.2, 0) is 6.54 Å². The molecule has 0 saturated carbocycles. The van der Waals surface area contributed by atoms with Crippen molar-refractivity contribution in [1.82, 2.24) is 20.4 Å². The lowest BCUT2D eigenvalue weighted by Crippen LogP contribution is -2.37. The smallest absolute Gasteiger partial charge is 0.317 e. The molecule has 0 radical (unpaired) electrons. The van der Waals surface area contributed by atoms with Crippen LogP contribution >= 0.6 is 0 Å². The number of aliphatic hydroxyl groups is 1. The molecule has 8 nitrogen and oxygen atoms in total. The van der Waals surface area contributed by atoms with Gasteiger partial charge >= 0.3 is 6.03 Å². The van der Waals surface area contributed by atoms with Gasteiger partial charge in [-0.3, -0.25) is 0 Å². The Kier molecular flexibility index (Phi) is 9.71. The van der Waals surface area contributed by atoms with Crippen LogP contribution in [0.5, 0.6) is 11.5 Å². The van der Waals surface area contributed by atoms with Gasteiger partial charge in [-0.2, -0.15) is 0 Å². The maximum Gasteiger partial charge on any atom is 0.317 e. The number of methoxy groups -OCH3 is 1. The normalized spacial score (nSPS) is 18.9. The quantitative estimate of drug-likeness (QED) is 0.461. The van der Waals surface area contributed by atoms with Crippen LogP contribution in [0.4, 0.5) is 4.79 Å². The van der Waals surface area contributed by atoms with Gasteiger partial charge in [-0.15, -0.1) is 0 Å². The number of carbonyl (C=O) groups excluding carboxylic acids is 1. The first kappa shape index (κ1) is 23.6. The minimum absolute atomic E-state index is 0.0125. The molecule has 8 heteroatoms. The van der Waals surface area contributed by atoms with E-state index in [4.69, 9.17) is 9.47 Å². The van der Waals surface area contributed by atoms with E-state index in [0.717, 1.165) is 38.3 Å². The maximum absolute atomic E-state index is 11.5. The van der Waals surface area contributed by atoms with Crippen LogP contribution in [0.25, 0.3) is 0 Å². The molecule has 2 heterocycles. The first-order valence-electron chi connectivity index (χ1n) is 11.6. The number of benzene rings is 1. The second kappa shape index (κ2) is 12.7. The van der Waals surface area contributed by atoms with Crippen LogP contribution in [-0.4, -0.2) is 86.6 Å². The highest BCUT2D eigenvalue weighted by atomic mass is 16.5. The zero-order valence-electron chi connectivity index (χ0n) is 18.8. The number of aliphatic hydroxyl groups excluding tert-OH is 1. The van der Waals surface area contributed by atoms with E-state index in [9.17, 15) is 9.90 Å². The average molecular weight is 435 g/mol. The molecular weight excluding hydrogens is 396 g/mol. The Morgan fingerprint density at radius 1 is 1.13 bits per heavy atom. The number of ether oxygens (including phenoxy) is 2. The van der Waals surface area contributed by atoms with E-state index in [1.807, 2.05) is 23.1 Å². The summed E-state index contributed by atoms with van der Waals surface area (Å²) in [5.41, 5.74) is 1.08. The van der Waals surface area contributed by atoms with E-state index in [-0.39, 0.29) is 12.6 Å². The van der Waals surface area contributed by atoms with Gasteiger partial charge in [0.1, 0.15) is 12.7 Å². The van der Waals surface area contributed by atoms with Gasteiger partial charge < -0.3 is 35.0 Å². The Hall–Kier alpha value is -2.03. The maximum atomic E-state index is 11.5. The van der Waals surface area contributed by atoms with Crippen LogP contribution in [0.2, 0.25) is 0 Å². The lowest BCUT2D eigenvalue weighted by atomic mass is 10.1. The number of likely N-dealkylation sites (tertiary alicyclic amines) is 1. The van der Waals surface area contributed by atoms with Crippen LogP contribution in [0.3, 0.4) is 0 Å². The van der Waals surface area contributed by atoms with Crippen molar-refractivity contribution in [1.29, 1.82) is 0 Å². The molecule has 1 aromatic carbocycles. The highest BCUT2D eigenvalue weighted by molar-refractivity contribution is 5.76. The zero-order chi connectivity index (χ0) is 21.9. The Morgan fingerprint density at radius 3 is 2.61 bits per heavy atom. The van der Waals surface area contributed by atoms with Crippen molar-refractivity contribution in [2.75, 3.05) is 59.5 Å². The molecule has 0 aromatic heterocycles. The number of carbonyl (C=O) groups is 1. The largest absolute Gasteiger partial charge is 0.493 e. The Morgan fingerprint density at radius 2 is 1.90 bits per heavy atom. The van der Waals surface area contributed by atoms with Crippen molar-refractivity contribution in [3.8, 4) is 11.5 Å². The van der Waals surface area contributed by atoms with Gasteiger partial charge in [0.25, 0.3) is 0 Å². The van der Waals surface area contributed by atoms with Crippen molar-refractivity contribution in [2.45, 2.75) is 44.8 Å². The molecular formula is C23H38N4O4. The minimum atomic E-state index is -0.520. The first-order chi connectivity index (χ1) is 15.2. The zero-order valence-corrected chi connectivity index (χ0v) is 18.8. The van der Waals surface area contributed by atoms with Crippen LogP contribution in [0.15, 0.2) is 18.2 Å². The third-order valence-electron chi connectivity index (χ3n) is 5.91. The predicted octanol–water partition coefficient (Wildman–Crippen LogP) is 1.82. The molecule has 0 aliphatic carbocycles. The molecule has 0 bridgehead atoms. The molecule has 1 unspecified atom stereocenters. The lowest BCUT2D eigenvalue weighted by molar-refractivity contribution is 0.0645. The molecule has 3 N–H and O–H groups in total. The number of rotatable bonds is 11. The van der Waals surface area contributed by atoms with Crippen LogP contribution < -0.4 is 20.1 Å². The topological polar surface area (TPSA) is 86.3 Å². The highest BCUT2D eigenvalue weighted by Crippen LogP contribution is 2.28. The van der Waals surface area contributed by atoms with Gasteiger partial charge in [-0.1, -0.05) is 25.3 Å². The van der Waals surface area contributed by atoms with Gasteiger partial charge in [0.05, 0.1) is 7.11 Å². The summed E-state index contributed by atoms with van der Waals surface area (Å²) in [6.45, 7) is 6.63. The highest BCUT2D eigenvalue weighted by Gasteiger charge is 2.18. The number of β-amino-alcohol motifs (C(OH)–C–C–N with tert-alkyl or cyclic N) is 1. The molecule has 2 fully saturated rings. The standard InChI is InChI=1S/C23H38N4O4/c1-30-22-15-19(16-24-9-13-27-14-10-25-23(27)29)7-8-21(22)31-18-20(28)17-26-11-5-3-2-4-6-12-26/h7-8,15,20,24,28H,2-6,9-14,16-18H2,1H3,(H,25,29). The van der Waals surface area contributed by atoms with Gasteiger partial charge in [0.2, 0.25) is 0 Å². The summed E-state index contributed by atoms with van der Waals surface area (Å²) in [5, 5.41) is 16.6. The Balaban J connectivity index is 1.40. The number of nitrogens with zero attached hydrogens (tertiary/aromatic N) is 2. The van der Waals surface area contributed by atoms with Crippen molar-refractivity contribution in [3.05, 3.63) is 23.8 Å². The number of amides is 2. The summed E-state index contributed by atoms with van der Waals surface area (Å²) in [6.07, 6.45) is 5.81. The third kappa shape index (κ3) is 7.87. The fourth-order valence-corrected chi connectivity index (χ4v) is 4.14. The molecule has 1 atom stereocenters. The molecule has 31 heavy (non-hydrogen) atoms.